The van der Waals surface area contributed by atoms with Gasteiger partial charge in [0.05, 0.1) is 5.92 Å². The molecule has 0 aromatic heterocycles. The number of benzene rings is 1. The first-order valence-corrected chi connectivity index (χ1v) is 6.81. The summed E-state index contributed by atoms with van der Waals surface area (Å²) in [7, 11) is 4.03. The predicted molar refractivity (Wildman–Crippen MR) is 79.7 cm³/mol. The second kappa shape index (κ2) is 5.61. The number of rotatable bonds is 3. The SMILES string of the molecule is Cc1cc(N(C)C)ccc1NC(=O)C1CCNC1C. The van der Waals surface area contributed by atoms with Crippen LogP contribution in [-0.2, 0) is 4.79 Å². The molecule has 104 valence electrons. The summed E-state index contributed by atoms with van der Waals surface area (Å²) < 4.78 is 0. The highest BCUT2D eigenvalue weighted by atomic mass is 16.1. The molecule has 1 aliphatic heterocycles. The van der Waals surface area contributed by atoms with Gasteiger partial charge in [-0.2, -0.15) is 0 Å². The fourth-order valence-electron chi connectivity index (χ4n) is 2.51. The minimum Gasteiger partial charge on any atom is -0.378 e. The van der Waals surface area contributed by atoms with Crippen LogP contribution < -0.4 is 15.5 Å². The van der Waals surface area contributed by atoms with Gasteiger partial charge in [0, 0.05) is 31.5 Å². The van der Waals surface area contributed by atoms with Crippen molar-refractivity contribution in [1.82, 2.24) is 5.32 Å². The van der Waals surface area contributed by atoms with E-state index in [-0.39, 0.29) is 17.9 Å². The van der Waals surface area contributed by atoms with Gasteiger partial charge in [0.15, 0.2) is 0 Å². The van der Waals surface area contributed by atoms with E-state index in [4.69, 9.17) is 0 Å². The van der Waals surface area contributed by atoms with E-state index in [9.17, 15) is 4.79 Å². The Morgan fingerprint density at radius 2 is 2.16 bits per heavy atom. The van der Waals surface area contributed by atoms with Crippen LogP contribution in [0, 0.1) is 12.8 Å². The lowest BCUT2D eigenvalue weighted by Gasteiger charge is -2.18. The number of anilines is 2. The van der Waals surface area contributed by atoms with Crippen LogP contribution in [0.25, 0.3) is 0 Å². The molecule has 1 heterocycles. The Labute approximate surface area is 115 Å². The smallest absolute Gasteiger partial charge is 0.229 e. The number of nitrogens with one attached hydrogen (secondary N) is 2. The average Bonchev–Trinajstić information content (AvgIpc) is 2.77. The van der Waals surface area contributed by atoms with Crippen molar-refractivity contribution in [1.29, 1.82) is 0 Å². The standard InChI is InChI=1S/C15H23N3O/c1-10-9-12(18(3)4)5-6-14(10)17-15(19)13-7-8-16-11(13)2/h5-6,9,11,13,16H,7-8H2,1-4H3,(H,17,19). The highest BCUT2D eigenvalue weighted by Crippen LogP contribution is 2.23. The lowest BCUT2D eigenvalue weighted by Crippen LogP contribution is -2.32. The van der Waals surface area contributed by atoms with E-state index in [1.165, 1.54) is 0 Å². The molecule has 4 nitrogen and oxygen atoms in total. The Bertz CT molecular complexity index is 470. The largest absolute Gasteiger partial charge is 0.378 e. The molecule has 1 aromatic rings. The van der Waals surface area contributed by atoms with Crippen molar-refractivity contribution in [3.8, 4) is 0 Å². The molecule has 2 unspecified atom stereocenters. The molecule has 2 N–H and O–H groups in total. The van der Waals surface area contributed by atoms with Gasteiger partial charge in [-0.3, -0.25) is 4.79 Å². The van der Waals surface area contributed by atoms with E-state index in [1.54, 1.807) is 0 Å². The molecule has 0 bridgehead atoms. The van der Waals surface area contributed by atoms with Crippen LogP contribution in [0.2, 0.25) is 0 Å². The summed E-state index contributed by atoms with van der Waals surface area (Å²) in [5, 5.41) is 6.36. The second-order valence-corrected chi connectivity index (χ2v) is 5.52. The fraction of sp³-hybridized carbons (Fsp3) is 0.533. The first-order valence-electron chi connectivity index (χ1n) is 6.81. The van der Waals surface area contributed by atoms with Gasteiger partial charge in [-0.15, -0.1) is 0 Å². The van der Waals surface area contributed by atoms with Crippen LogP contribution in [0.1, 0.15) is 18.9 Å². The van der Waals surface area contributed by atoms with Crippen molar-refractivity contribution >= 4 is 17.3 Å². The van der Waals surface area contributed by atoms with Gasteiger partial charge in [0.2, 0.25) is 5.91 Å². The lowest BCUT2D eigenvalue weighted by molar-refractivity contribution is -0.120. The zero-order chi connectivity index (χ0) is 14.0. The van der Waals surface area contributed by atoms with Crippen LogP contribution in [0.4, 0.5) is 11.4 Å². The third-order valence-electron chi connectivity index (χ3n) is 3.85. The first-order chi connectivity index (χ1) is 8.99. The maximum Gasteiger partial charge on any atom is 0.229 e. The summed E-state index contributed by atoms with van der Waals surface area (Å²) in [4.78, 5) is 14.3. The minimum absolute atomic E-state index is 0.0768. The minimum atomic E-state index is 0.0768. The molecule has 4 heteroatoms. The van der Waals surface area contributed by atoms with Crippen molar-refractivity contribution in [3.63, 3.8) is 0 Å². The fourth-order valence-corrected chi connectivity index (χ4v) is 2.51. The van der Waals surface area contributed by atoms with E-state index in [0.29, 0.717) is 0 Å². The van der Waals surface area contributed by atoms with E-state index >= 15 is 0 Å². The molecule has 19 heavy (non-hydrogen) atoms. The molecule has 2 atom stereocenters. The van der Waals surface area contributed by atoms with Crippen molar-refractivity contribution < 1.29 is 4.79 Å². The molecule has 1 saturated heterocycles. The van der Waals surface area contributed by atoms with Gasteiger partial charge >= 0.3 is 0 Å². The summed E-state index contributed by atoms with van der Waals surface area (Å²) >= 11 is 0. The monoisotopic (exact) mass is 261 g/mol. The molecule has 1 aliphatic rings. The van der Waals surface area contributed by atoms with Crippen molar-refractivity contribution in [3.05, 3.63) is 23.8 Å². The quantitative estimate of drug-likeness (QED) is 0.874. The normalized spacial score (nSPS) is 22.3. The Hall–Kier alpha value is -1.55. The first kappa shape index (κ1) is 13.9. The van der Waals surface area contributed by atoms with Gasteiger partial charge in [-0.05, 0) is 50.6 Å². The summed E-state index contributed by atoms with van der Waals surface area (Å²) in [6.07, 6.45) is 0.918. The summed E-state index contributed by atoms with van der Waals surface area (Å²) in [5.74, 6) is 0.200. The number of aryl methyl sites for hydroxylation is 1. The third-order valence-corrected chi connectivity index (χ3v) is 3.85. The topological polar surface area (TPSA) is 44.4 Å². The van der Waals surface area contributed by atoms with Crippen LogP contribution in [0.5, 0.6) is 0 Å². The lowest BCUT2D eigenvalue weighted by atomic mass is 10.0. The van der Waals surface area contributed by atoms with Crippen molar-refractivity contribution in [2.24, 2.45) is 5.92 Å². The molecule has 0 saturated carbocycles. The maximum absolute atomic E-state index is 12.2. The van der Waals surface area contributed by atoms with E-state index in [2.05, 4.69) is 28.5 Å². The molecule has 0 spiro atoms. The van der Waals surface area contributed by atoms with Gasteiger partial charge in [-0.25, -0.2) is 0 Å². The van der Waals surface area contributed by atoms with Crippen molar-refractivity contribution in [2.45, 2.75) is 26.3 Å². The number of amides is 1. The molecule has 0 aliphatic carbocycles. The highest BCUT2D eigenvalue weighted by molar-refractivity contribution is 5.94. The predicted octanol–water partition coefficient (Wildman–Crippen LogP) is 2.00. The number of carbonyl (C=O) groups excluding carboxylic acids is 1. The second-order valence-electron chi connectivity index (χ2n) is 5.52. The summed E-state index contributed by atoms with van der Waals surface area (Å²) in [5.41, 5.74) is 3.15. The molecule has 1 fully saturated rings. The maximum atomic E-state index is 12.2. The third kappa shape index (κ3) is 3.07. The molecule has 1 aromatic carbocycles. The summed E-state index contributed by atoms with van der Waals surface area (Å²) in [6.45, 7) is 5.02. The van der Waals surface area contributed by atoms with Gasteiger partial charge < -0.3 is 15.5 Å². The molecule has 2 rings (SSSR count). The number of nitrogens with zero attached hydrogens (tertiary/aromatic N) is 1. The Balaban J connectivity index is 2.09. The molecular weight excluding hydrogens is 238 g/mol. The Morgan fingerprint density at radius 1 is 1.42 bits per heavy atom. The Kier molecular flexibility index (Phi) is 4.10. The zero-order valence-corrected chi connectivity index (χ0v) is 12.2. The number of hydrogen-bond acceptors (Lipinski definition) is 3. The zero-order valence-electron chi connectivity index (χ0n) is 12.2. The van der Waals surface area contributed by atoms with Crippen LogP contribution in [0.3, 0.4) is 0 Å². The van der Waals surface area contributed by atoms with Crippen molar-refractivity contribution in [2.75, 3.05) is 30.9 Å². The number of hydrogen-bond donors (Lipinski definition) is 2. The number of carbonyl (C=O) groups is 1. The van der Waals surface area contributed by atoms with Crippen LogP contribution >= 0.6 is 0 Å². The Morgan fingerprint density at radius 3 is 2.68 bits per heavy atom. The van der Waals surface area contributed by atoms with E-state index in [0.717, 1.165) is 29.9 Å². The van der Waals surface area contributed by atoms with Crippen LogP contribution in [0.15, 0.2) is 18.2 Å². The highest BCUT2D eigenvalue weighted by Gasteiger charge is 2.29. The average molecular weight is 261 g/mol. The summed E-state index contributed by atoms with van der Waals surface area (Å²) in [6, 6.07) is 6.36. The molecule has 0 radical (unpaired) electrons. The van der Waals surface area contributed by atoms with Gasteiger partial charge in [0.25, 0.3) is 0 Å². The van der Waals surface area contributed by atoms with E-state index in [1.807, 2.05) is 33.2 Å². The van der Waals surface area contributed by atoms with Crippen LogP contribution in [-0.4, -0.2) is 32.6 Å². The molecule has 1 amide bonds. The molecular formula is C15H23N3O. The van der Waals surface area contributed by atoms with Gasteiger partial charge in [-0.1, -0.05) is 0 Å². The van der Waals surface area contributed by atoms with Gasteiger partial charge in [0.1, 0.15) is 0 Å². The van der Waals surface area contributed by atoms with E-state index < -0.39 is 0 Å².